The molecule has 0 spiro atoms. The normalized spacial score (nSPS) is 16.4. The average molecular weight is 296 g/mol. The molecule has 0 radical (unpaired) electrons. The number of hydrogen-bond donors (Lipinski definition) is 1. The van der Waals surface area contributed by atoms with Crippen molar-refractivity contribution in [1.82, 2.24) is 9.88 Å². The van der Waals surface area contributed by atoms with E-state index < -0.39 is 0 Å². The molecule has 0 bridgehead atoms. The molecule has 2 rings (SSSR count). The highest BCUT2D eigenvalue weighted by atomic mass is 32.1. The van der Waals surface area contributed by atoms with E-state index in [1.165, 1.54) is 24.2 Å². The van der Waals surface area contributed by atoms with Gasteiger partial charge in [0, 0.05) is 38.0 Å². The van der Waals surface area contributed by atoms with Gasteiger partial charge in [-0.1, -0.05) is 0 Å². The molecule has 1 heterocycles. The van der Waals surface area contributed by atoms with E-state index in [0.717, 1.165) is 23.3 Å². The Kier molecular flexibility index (Phi) is 5.12. The van der Waals surface area contributed by atoms with Crippen molar-refractivity contribution >= 4 is 22.4 Å². The van der Waals surface area contributed by atoms with E-state index in [1.807, 2.05) is 12.3 Å². The van der Waals surface area contributed by atoms with Crippen LogP contribution in [-0.2, 0) is 11.3 Å². The summed E-state index contributed by atoms with van der Waals surface area (Å²) in [6, 6.07) is 0.454. The minimum absolute atomic E-state index is 0.0413. The van der Waals surface area contributed by atoms with Crippen LogP contribution in [0.15, 0.2) is 5.38 Å². The molecule has 5 nitrogen and oxygen atoms in total. The van der Waals surface area contributed by atoms with Crippen molar-refractivity contribution < 1.29 is 4.79 Å². The van der Waals surface area contributed by atoms with Crippen LogP contribution < -0.4 is 10.6 Å². The Morgan fingerprint density at radius 2 is 2.30 bits per heavy atom. The van der Waals surface area contributed by atoms with Crippen LogP contribution in [-0.4, -0.2) is 42.0 Å². The van der Waals surface area contributed by atoms with Crippen molar-refractivity contribution in [1.29, 1.82) is 0 Å². The molecule has 6 heteroatoms. The highest BCUT2D eigenvalue weighted by Crippen LogP contribution is 2.35. The lowest BCUT2D eigenvalue weighted by atomic mass is 10.1. The first-order chi connectivity index (χ1) is 9.56. The zero-order valence-corrected chi connectivity index (χ0v) is 13.3. The first-order valence-electron chi connectivity index (χ1n) is 7.19. The third-order valence-electron chi connectivity index (χ3n) is 3.85. The molecular weight excluding hydrogens is 272 g/mol. The monoisotopic (exact) mass is 296 g/mol. The lowest BCUT2D eigenvalue weighted by Crippen LogP contribution is -2.39. The molecule has 1 saturated carbocycles. The fourth-order valence-corrected chi connectivity index (χ4v) is 3.50. The van der Waals surface area contributed by atoms with Crippen molar-refractivity contribution in [3.8, 4) is 0 Å². The summed E-state index contributed by atoms with van der Waals surface area (Å²) in [6.45, 7) is 5.70. The van der Waals surface area contributed by atoms with Gasteiger partial charge in [-0.05, 0) is 32.7 Å². The maximum atomic E-state index is 11.5. The zero-order valence-electron chi connectivity index (χ0n) is 12.5. The van der Waals surface area contributed by atoms with Gasteiger partial charge >= 0.3 is 0 Å². The summed E-state index contributed by atoms with van der Waals surface area (Å²) in [5, 5.41) is 2.83. The summed E-state index contributed by atoms with van der Waals surface area (Å²) in [6.07, 6.45) is 2.59. The van der Waals surface area contributed by atoms with Gasteiger partial charge in [-0.2, -0.15) is 0 Å². The summed E-state index contributed by atoms with van der Waals surface area (Å²) in [7, 11) is 2.11. The summed E-state index contributed by atoms with van der Waals surface area (Å²) < 4.78 is 0. The predicted molar refractivity (Wildman–Crippen MR) is 82.8 cm³/mol. The van der Waals surface area contributed by atoms with Crippen LogP contribution in [0, 0.1) is 5.92 Å². The van der Waals surface area contributed by atoms with Crippen LogP contribution in [0.3, 0.4) is 0 Å². The molecule has 112 valence electrons. The third-order valence-corrected chi connectivity index (χ3v) is 4.76. The molecule has 1 aliphatic carbocycles. The first-order valence-corrected chi connectivity index (χ1v) is 8.07. The standard InChI is InChI=1S/C14H24N4OS/c1-4-18(10(2)19)14-16-12(9-20-14)8-17(3)13(7-15)11-5-6-11/h9,11,13H,4-8,15H2,1-3H3. The van der Waals surface area contributed by atoms with Gasteiger partial charge in [0.2, 0.25) is 5.91 Å². The number of nitrogens with zero attached hydrogens (tertiary/aromatic N) is 3. The van der Waals surface area contributed by atoms with E-state index in [4.69, 9.17) is 5.73 Å². The van der Waals surface area contributed by atoms with Gasteiger partial charge in [0.25, 0.3) is 0 Å². The second-order valence-electron chi connectivity index (χ2n) is 5.44. The van der Waals surface area contributed by atoms with Crippen LogP contribution in [0.1, 0.15) is 32.4 Å². The van der Waals surface area contributed by atoms with Gasteiger partial charge in [0.05, 0.1) is 5.69 Å². The molecule has 2 N–H and O–H groups in total. The highest BCUT2D eigenvalue weighted by Gasteiger charge is 2.33. The fourth-order valence-electron chi connectivity index (χ4n) is 2.57. The Hall–Kier alpha value is -0.980. The Morgan fingerprint density at radius 3 is 2.80 bits per heavy atom. The number of amides is 1. The maximum Gasteiger partial charge on any atom is 0.225 e. The molecule has 1 atom stereocenters. The number of anilines is 1. The number of aromatic nitrogens is 1. The van der Waals surface area contributed by atoms with Crippen LogP contribution in [0.2, 0.25) is 0 Å². The van der Waals surface area contributed by atoms with Crippen molar-refractivity contribution in [3.63, 3.8) is 0 Å². The number of hydrogen-bond acceptors (Lipinski definition) is 5. The van der Waals surface area contributed by atoms with E-state index in [-0.39, 0.29) is 5.91 Å². The molecule has 0 aromatic carbocycles. The Morgan fingerprint density at radius 1 is 1.60 bits per heavy atom. The van der Waals surface area contributed by atoms with E-state index in [9.17, 15) is 4.79 Å². The average Bonchev–Trinajstić information content (AvgIpc) is 3.12. The number of nitrogens with two attached hydrogens (primary N) is 1. The van der Waals surface area contributed by atoms with Gasteiger partial charge < -0.3 is 5.73 Å². The predicted octanol–water partition coefficient (Wildman–Crippen LogP) is 1.68. The van der Waals surface area contributed by atoms with Gasteiger partial charge in [0.1, 0.15) is 0 Å². The summed E-state index contributed by atoms with van der Waals surface area (Å²) in [5.41, 5.74) is 6.89. The molecule has 1 aromatic heterocycles. The maximum absolute atomic E-state index is 11.5. The topological polar surface area (TPSA) is 62.5 Å². The molecule has 0 aliphatic heterocycles. The van der Waals surface area contributed by atoms with Crippen LogP contribution >= 0.6 is 11.3 Å². The molecule has 20 heavy (non-hydrogen) atoms. The van der Waals surface area contributed by atoms with E-state index in [0.29, 0.717) is 19.1 Å². The molecular formula is C14H24N4OS. The van der Waals surface area contributed by atoms with E-state index in [1.54, 1.807) is 11.8 Å². The summed E-state index contributed by atoms with van der Waals surface area (Å²) in [5.74, 6) is 0.798. The number of rotatable bonds is 7. The SMILES string of the molecule is CCN(C(C)=O)c1nc(CN(C)C(CN)C2CC2)cs1. The van der Waals surface area contributed by atoms with Gasteiger partial charge in [-0.15, -0.1) is 11.3 Å². The summed E-state index contributed by atoms with van der Waals surface area (Å²) >= 11 is 1.53. The number of thiazole rings is 1. The van der Waals surface area contributed by atoms with Crippen LogP contribution in [0.5, 0.6) is 0 Å². The molecule has 1 aromatic rings. The molecule has 1 aliphatic rings. The number of carbonyl (C=O) groups excluding carboxylic acids is 1. The lowest BCUT2D eigenvalue weighted by molar-refractivity contribution is -0.116. The van der Waals surface area contributed by atoms with Gasteiger partial charge in [-0.25, -0.2) is 4.98 Å². The molecule has 0 saturated heterocycles. The second-order valence-corrected chi connectivity index (χ2v) is 6.28. The fraction of sp³-hybridized carbons (Fsp3) is 0.714. The number of carbonyl (C=O) groups is 1. The lowest BCUT2D eigenvalue weighted by Gasteiger charge is -2.26. The largest absolute Gasteiger partial charge is 0.329 e. The highest BCUT2D eigenvalue weighted by molar-refractivity contribution is 7.14. The third kappa shape index (κ3) is 3.56. The van der Waals surface area contributed by atoms with Gasteiger partial charge in [-0.3, -0.25) is 14.6 Å². The van der Waals surface area contributed by atoms with Crippen molar-refractivity contribution in [2.75, 3.05) is 25.0 Å². The molecule has 1 unspecified atom stereocenters. The van der Waals surface area contributed by atoms with E-state index in [2.05, 4.69) is 16.9 Å². The minimum Gasteiger partial charge on any atom is -0.329 e. The van der Waals surface area contributed by atoms with Crippen LogP contribution in [0.4, 0.5) is 5.13 Å². The van der Waals surface area contributed by atoms with Crippen molar-refractivity contribution in [2.24, 2.45) is 11.7 Å². The molecule has 1 fully saturated rings. The quantitative estimate of drug-likeness (QED) is 0.831. The Balaban J connectivity index is 1.99. The summed E-state index contributed by atoms with van der Waals surface area (Å²) in [4.78, 5) is 20.1. The Labute approximate surface area is 124 Å². The first kappa shape index (κ1) is 15.4. The minimum atomic E-state index is 0.0413. The Bertz CT molecular complexity index is 458. The van der Waals surface area contributed by atoms with Crippen molar-refractivity contribution in [3.05, 3.63) is 11.1 Å². The second kappa shape index (κ2) is 6.65. The number of likely N-dealkylation sites (N-methyl/N-ethyl adjacent to an activating group) is 1. The zero-order chi connectivity index (χ0) is 14.7. The smallest absolute Gasteiger partial charge is 0.225 e. The van der Waals surface area contributed by atoms with Gasteiger partial charge in [0.15, 0.2) is 5.13 Å². The molecule has 1 amide bonds. The van der Waals surface area contributed by atoms with E-state index >= 15 is 0 Å². The van der Waals surface area contributed by atoms with Crippen LogP contribution in [0.25, 0.3) is 0 Å². The van der Waals surface area contributed by atoms with Crippen molar-refractivity contribution in [2.45, 2.75) is 39.3 Å².